The van der Waals surface area contributed by atoms with E-state index in [0.29, 0.717) is 0 Å². The van der Waals surface area contributed by atoms with Crippen molar-refractivity contribution in [1.29, 1.82) is 0 Å². The number of hydrogen-bond acceptors (Lipinski definition) is 2. The van der Waals surface area contributed by atoms with Crippen molar-refractivity contribution >= 4 is 11.4 Å². The smallest absolute Gasteiger partial charge is 0.0630 e. The summed E-state index contributed by atoms with van der Waals surface area (Å²) in [5.74, 6) is 0. The van der Waals surface area contributed by atoms with Crippen molar-refractivity contribution in [1.82, 2.24) is 4.98 Å². The van der Waals surface area contributed by atoms with Gasteiger partial charge in [-0.1, -0.05) is 12.1 Å². The molecule has 0 saturated carbocycles. The van der Waals surface area contributed by atoms with Gasteiger partial charge in [0.05, 0.1) is 11.9 Å². The van der Waals surface area contributed by atoms with Crippen molar-refractivity contribution in [2.24, 2.45) is 0 Å². The molecule has 0 spiro atoms. The Bertz CT molecular complexity index is 546. The molecule has 2 heteroatoms. The first-order valence-corrected chi connectivity index (χ1v) is 5.52. The van der Waals surface area contributed by atoms with E-state index in [0.717, 1.165) is 6.42 Å². The maximum atomic E-state index is 4.20. The number of nitrogens with zero attached hydrogens (tertiary/aromatic N) is 2. The Labute approximate surface area is 95.6 Å². The molecule has 16 heavy (non-hydrogen) atoms. The Morgan fingerprint density at radius 2 is 2.06 bits per heavy atom. The van der Waals surface area contributed by atoms with Crippen molar-refractivity contribution < 1.29 is 0 Å². The lowest BCUT2D eigenvalue weighted by molar-refractivity contribution is 1.02. The molecular weight excluding hydrogens is 196 g/mol. The van der Waals surface area contributed by atoms with E-state index in [9.17, 15) is 0 Å². The highest BCUT2D eigenvalue weighted by Crippen LogP contribution is 2.37. The number of anilines is 2. The van der Waals surface area contributed by atoms with E-state index < -0.39 is 0 Å². The van der Waals surface area contributed by atoms with Crippen LogP contribution in [-0.2, 0) is 6.42 Å². The molecule has 0 N–H and O–H groups in total. The number of pyridine rings is 1. The summed E-state index contributed by atoms with van der Waals surface area (Å²) in [4.78, 5) is 6.43. The van der Waals surface area contributed by atoms with Gasteiger partial charge in [-0.3, -0.25) is 4.98 Å². The third kappa shape index (κ3) is 1.23. The molecule has 1 aromatic heterocycles. The largest absolute Gasteiger partial charge is 0.343 e. The van der Waals surface area contributed by atoms with Gasteiger partial charge in [-0.25, -0.2) is 0 Å². The lowest BCUT2D eigenvalue weighted by atomic mass is 9.94. The second kappa shape index (κ2) is 3.34. The van der Waals surface area contributed by atoms with Crippen LogP contribution in [0.1, 0.15) is 16.7 Å². The summed E-state index contributed by atoms with van der Waals surface area (Å²) in [5, 5.41) is 0. The van der Waals surface area contributed by atoms with Crippen molar-refractivity contribution in [3.8, 4) is 0 Å². The van der Waals surface area contributed by atoms with Gasteiger partial charge >= 0.3 is 0 Å². The van der Waals surface area contributed by atoms with Crippen LogP contribution in [0.5, 0.6) is 0 Å². The van der Waals surface area contributed by atoms with E-state index in [4.69, 9.17) is 0 Å². The highest BCUT2D eigenvalue weighted by Gasteiger charge is 2.20. The van der Waals surface area contributed by atoms with Crippen LogP contribution in [0.2, 0.25) is 0 Å². The molecule has 0 saturated heterocycles. The van der Waals surface area contributed by atoms with E-state index in [2.05, 4.69) is 48.1 Å². The second-order valence-electron chi connectivity index (χ2n) is 4.31. The molecule has 0 radical (unpaired) electrons. The van der Waals surface area contributed by atoms with E-state index in [1.807, 2.05) is 12.4 Å². The minimum Gasteiger partial charge on any atom is -0.343 e. The fourth-order valence-electron chi connectivity index (χ4n) is 2.42. The monoisotopic (exact) mass is 210 g/mol. The zero-order chi connectivity index (χ0) is 11.1. The van der Waals surface area contributed by atoms with E-state index in [-0.39, 0.29) is 0 Å². The number of rotatable bonds is 0. The van der Waals surface area contributed by atoms with Crippen LogP contribution in [-0.4, -0.2) is 12.0 Å². The first-order chi connectivity index (χ1) is 7.77. The highest BCUT2D eigenvalue weighted by atomic mass is 15.1. The maximum absolute atomic E-state index is 4.20. The zero-order valence-corrected chi connectivity index (χ0v) is 9.57. The molecule has 0 fully saturated rings. The second-order valence-corrected chi connectivity index (χ2v) is 4.31. The van der Waals surface area contributed by atoms with Crippen molar-refractivity contribution in [3.05, 3.63) is 53.3 Å². The molecule has 3 rings (SSSR count). The summed E-state index contributed by atoms with van der Waals surface area (Å²) in [7, 11) is 2.11. The Hall–Kier alpha value is -1.83. The topological polar surface area (TPSA) is 16.1 Å². The lowest BCUT2D eigenvalue weighted by Crippen LogP contribution is -2.19. The highest BCUT2D eigenvalue weighted by molar-refractivity contribution is 5.73. The third-order valence-corrected chi connectivity index (χ3v) is 3.36. The molecule has 0 bridgehead atoms. The first-order valence-electron chi connectivity index (χ1n) is 5.52. The molecular formula is C14H14N2. The van der Waals surface area contributed by atoms with Crippen molar-refractivity contribution in [2.75, 3.05) is 11.9 Å². The van der Waals surface area contributed by atoms with Gasteiger partial charge in [0, 0.05) is 25.4 Å². The van der Waals surface area contributed by atoms with Crippen LogP contribution < -0.4 is 4.90 Å². The summed E-state index contributed by atoms with van der Waals surface area (Å²) < 4.78 is 0. The number of aryl methyl sites for hydroxylation is 1. The van der Waals surface area contributed by atoms with Gasteiger partial charge in [0.15, 0.2) is 0 Å². The molecule has 1 aromatic carbocycles. The van der Waals surface area contributed by atoms with Crippen LogP contribution in [0.25, 0.3) is 0 Å². The van der Waals surface area contributed by atoms with Gasteiger partial charge in [0.25, 0.3) is 0 Å². The molecule has 0 amide bonds. The maximum Gasteiger partial charge on any atom is 0.0630 e. The van der Waals surface area contributed by atoms with Gasteiger partial charge in [-0.15, -0.1) is 0 Å². The minimum atomic E-state index is 1.02. The number of aromatic nitrogens is 1. The summed E-state index contributed by atoms with van der Waals surface area (Å²) in [6.45, 7) is 2.18. The van der Waals surface area contributed by atoms with Gasteiger partial charge < -0.3 is 4.90 Å². The Morgan fingerprint density at radius 3 is 2.94 bits per heavy atom. The lowest BCUT2D eigenvalue weighted by Gasteiger charge is -2.30. The molecule has 0 atom stereocenters. The summed E-state index contributed by atoms with van der Waals surface area (Å²) in [6.07, 6.45) is 4.83. The predicted octanol–water partition coefficient (Wildman–Crippen LogP) is 3.06. The van der Waals surface area contributed by atoms with Crippen molar-refractivity contribution in [3.63, 3.8) is 0 Å². The number of hydrogen-bond donors (Lipinski definition) is 0. The quantitative estimate of drug-likeness (QED) is 0.664. The molecule has 1 aliphatic heterocycles. The van der Waals surface area contributed by atoms with Gasteiger partial charge in [0.2, 0.25) is 0 Å². The fraction of sp³-hybridized carbons (Fsp3) is 0.214. The molecule has 2 heterocycles. The normalized spacial score (nSPS) is 13.2. The molecule has 80 valence electrons. The Balaban J connectivity index is 2.22. The summed E-state index contributed by atoms with van der Waals surface area (Å²) in [6, 6.07) is 8.59. The van der Waals surface area contributed by atoms with Crippen LogP contribution in [0.4, 0.5) is 11.4 Å². The van der Waals surface area contributed by atoms with Gasteiger partial charge in [-0.05, 0) is 35.7 Å². The summed E-state index contributed by atoms with van der Waals surface area (Å²) in [5.41, 5.74) is 6.69. The van der Waals surface area contributed by atoms with Crippen LogP contribution >= 0.6 is 0 Å². The third-order valence-electron chi connectivity index (χ3n) is 3.36. The molecule has 2 aromatic rings. The van der Waals surface area contributed by atoms with E-state index >= 15 is 0 Å². The minimum absolute atomic E-state index is 1.02. The predicted molar refractivity (Wildman–Crippen MR) is 66.3 cm³/mol. The fourth-order valence-corrected chi connectivity index (χ4v) is 2.42. The SMILES string of the molecule is Cc1cccc2c1Cc1ccncc1N2C. The molecule has 1 aliphatic rings. The Morgan fingerprint density at radius 1 is 1.19 bits per heavy atom. The Kier molecular flexibility index (Phi) is 1.96. The van der Waals surface area contributed by atoms with Crippen LogP contribution in [0, 0.1) is 6.92 Å². The standard InChI is InChI=1S/C14H14N2/c1-10-4-3-5-13-12(10)8-11-6-7-15-9-14(11)16(13)2/h3-7,9H,8H2,1-2H3. The van der Waals surface area contributed by atoms with Crippen LogP contribution in [0.3, 0.4) is 0 Å². The molecule has 2 nitrogen and oxygen atoms in total. The molecule has 0 unspecified atom stereocenters. The van der Waals surface area contributed by atoms with E-state index in [1.165, 1.54) is 28.1 Å². The zero-order valence-electron chi connectivity index (χ0n) is 9.57. The number of benzene rings is 1. The van der Waals surface area contributed by atoms with Crippen molar-refractivity contribution in [2.45, 2.75) is 13.3 Å². The summed E-state index contributed by atoms with van der Waals surface area (Å²) >= 11 is 0. The van der Waals surface area contributed by atoms with Gasteiger partial charge in [0.1, 0.15) is 0 Å². The average Bonchev–Trinajstić information content (AvgIpc) is 2.31. The first kappa shape index (κ1) is 9.40. The van der Waals surface area contributed by atoms with Crippen LogP contribution in [0.15, 0.2) is 36.7 Å². The molecule has 0 aliphatic carbocycles. The average molecular weight is 210 g/mol. The number of fused-ring (bicyclic) bond motifs is 2. The van der Waals surface area contributed by atoms with Gasteiger partial charge in [-0.2, -0.15) is 0 Å². The van der Waals surface area contributed by atoms with E-state index in [1.54, 1.807) is 0 Å².